The number of hydrogen-bond acceptors (Lipinski definition) is 3. The number of nitrogens with zero attached hydrogens (tertiary/aromatic N) is 3. The minimum absolute atomic E-state index is 0.0218. The Morgan fingerprint density at radius 1 is 1.61 bits per heavy atom. The first-order valence-corrected chi connectivity index (χ1v) is 5.33. The maximum absolute atomic E-state index is 12.6. The first-order valence-electron chi connectivity index (χ1n) is 5.33. The fourth-order valence-corrected chi connectivity index (χ4v) is 1.99. The van der Waals surface area contributed by atoms with Gasteiger partial charge in [0.05, 0.1) is 6.54 Å². The average Bonchev–Trinajstić information content (AvgIpc) is 2.87. The summed E-state index contributed by atoms with van der Waals surface area (Å²) in [5.41, 5.74) is 0. The molecule has 1 atom stereocenters. The van der Waals surface area contributed by atoms with E-state index in [1.807, 2.05) is 0 Å². The Balaban J connectivity index is 2.19. The molecule has 6 nitrogen and oxygen atoms in total. The lowest BCUT2D eigenvalue weighted by molar-refractivity contribution is -0.146. The molecule has 1 aromatic heterocycles. The van der Waals surface area contributed by atoms with Gasteiger partial charge in [-0.3, -0.25) is 9.36 Å². The summed E-state index contributed by atoms with van der Waals surface area (Å²) in [4.78, 5) is 27.3. The lowest BCUT2D eigenvalue weighted by Crippen LogP contribution is -2.38. The maximum Gasteiger partial charge on any atom is 0.326 e. The van der Waals surface area contributed by atoms with Crippen LogP contribution in [-0.2, 0) is 16.1 Å². The highest BCUT2D eigenvalue weighted by atomic mass is 19.3. The Kier molecular flexibility index (Phi) is 3.26. The van der Waals surface area contributed by atoms with E-state index in [-0.39, 0.29) is 31.1 Å². The summed E-state index contributed by atoms with van der Waals surface area (Å²) in [6.07, 6.45) is 2.60. The minimum Gasteiger partial charge on any atom is -0.480 e. The molecule has 8 heteroatoms. The maximum atomic E-state index is 12.6. The first kappa shape index (κ1) is 12.5. The molecule has 0 saturated carbocycles. The van der Waals surface area contributed by atoms with Crippen LogP contribution in [0.2, 0.25) is 0 Å². The number of alkyl halides is 2. The number of halogens is 2. The molecule has 98 valence electrons. The van der Waals surface area contributed by atoms with Crippen molar-refractivity contribution in [3.05, 3.63) is 18.2 Å². The molecule has 2 heterocycles. The molecule has 1 aromatic rings. The molecule has 18 heavy (non-hydrogen) atoms. The summed E-state index contributed by atoms with van der Waals surface area (Å²) in [6.45, 7) is -2.98. The van der Waals surface area contributed by atoms with E-state index in [0.29, 0.717) is 4.57 Å². The van der Waals surface area contributed by atoms with Gasteiger partial charge in [0.15, 0.2) is 0 Å². The normalized spacial score (nSPS) is 19.8. The SMILES string of the molecule is O=C(O)C1CCC(=O)N1Cc1nccn1C(F)F. The summed E-state index contributed by atoms with van der Waals surface area (Å²) >= 11 is 0. The first-order chi connectivity index (χ1) is 8.50. The monoisotopic (exact) mass is 259 g/mol. The molecule has 2 rings (SSSR count). The zero-order valence-electron chi connectivity index (χ0n) is 9.29. The van der Waals surface area contributed by atoms with Crippen LogP contribution in [0.15, 0.2) is 12.4 Å². The molecule has 1 amide bonds. The molecule has 0 aliphatic carbocycles. The molecule has 1 saturated heterocycles. The number of carbonyl (C=O) groups excluding carboxylic acids is 1. The van der Waals surface area contributed by atoms with Gasteiger partial charge >= 0.3 is 12.5 Å². The van der Waals surface area contributed by atoms with Gasteiger partial charge in [0.2, 0.25) is 5.91 Å². The largest absolute Gasteiger partial charge is 0.480 e. The highest BCUT2D eigenvalue weighted by molar-refractivity contribution is 5.87. The molecule has 0 aromatic carbocycles. The zero-order chi connectivity index (χ0) is 13.3. The van der Waals surface area contributed by atoms with E-state index in [0.717, 1.165) is 11.1 Å². The van der Waals surface area contributed by atoms with Gasteiger partial charge in [0, 0.05) is 18.8 Å². The van der Waals surface area contributed by atoms with Crippen molar-refractivity contribution in [3.8, 4) is 0 Å². The quantitative estimate of drug-likeness (QED) is 0.869. The van der Waals surface area contributed by atoms with Gasteiger partial charge in [0.1, 0.15) is 11.9 Å². The number of aromatic nitrogens is 2. The van der Waals surface area contributed by atoms with E-state index in [1.54, 1.807) is 0 Å². The number of rotatable bonds is 4. The fraction of sp³-hybridized carbons (Fsp3) is 0.500. The second-order valence-electron chi connectivity index (χ2n) is 3.94. The molecule has 1 aliphatic heterocycles. The summed E-state index contributed by atoms with van der Waals surface area (Å²) in [5, 5.41) is 8.94. The molecule has 0 radical (unpaired) electrons. The predicted octanol–water partition coefficient (Wildman–Crippen LogP) is 0.854. The minimum atomic E-state index is -2.76. The van der Waals surface area contributed by atoms with Gasteiger partial charge in [-0.2, -0.15) is 8.78 Å². The summed E-state index contributed by atoms with van der Waals surface area (Å²) < 4.78 is 25.8. The highest BCUT2D eigenvalue weighted by Crippen LogP contribution is 2.22. The van der Waals surface area contributed by atoms with Crippen LogP contribution in [0, 0.1) is 0 Å². The third-order valence-electron chi connectivity index (χ3n) is 2.88. The van der Waals surface area contributed by atoms with Crippen LogP contribution >= 0.6 is 0 Å². The van der Waals surface area contributed by atoms with Gasteiger partial charge in [-0.15, -0.1) is 0 Å². The Hall–Kier alpha value is -1.99. The molecular formula is C10H11F2N3O3. The van der Waals surface area contributed by atoms with Crippen LogP contribution in [-0.4, -0.2) is 37.5 Å². The smallest absolute Gasteiger partial charge is 0.326 e. The second-order valence-corrected chi connectivity index (χ2v) is 3.94. The van der Waals surface area contributed by atoms with Crippen molar-refractivity contribution in [2.45, 2.75) is 32.0 Å². The van der Waals surface area contributed by atoms with Crippen molar-refractivity contribution in [1.82, 2.24) is 14.5 Å². The molecule has 0 bridgehead atoms. The standard InChI is InChI=1S/C10H11F2N3O3/c11-10(12)14-4-3-13-7(14)5-15-6(9(17)18)1-2-8(15)16/h3-4,6,10H,1-2,5H2,(H,17,18). The van der Waals surface area contributed by atoms with Crippen LogP contribution in [0.5, 0.6) is 0 Å². The third-order valence-corrected chi connectivity index (χ3v) is 2.88. The van der Waals surface area contributed by atoms with Gasteiger partial charge in [-0.1, -0.05) is 0 Å². The molecule has 1 aliphatic rings. The van der Waals surface area contributed by atoms with Crippen LogP contribution in [0.4, 0.5) is 8.78 Å². The molecule has 1 fully saturated rings. The lowest BCUT2D eigenvalue weighted by atomic mass is 10.2. The molecule has 1 unspecified atom stereocenters. The number of amides is 1. The fourth-order valence-electron chi connectivity index (χ4n) is 1.99. The summed E-state index contributed by atoms with van der Waals surface area (Å²) in [7, 11) is 0. The number of aliphatic carboxylic acids is 1. The molecule has 1 N–H and O–H groups in total. The van der Waals surface area contributed by atoms with Crippen LogP contribution in [0.1, 0.15) is 25.2 Å². The van der Waals surface area contributed by atoms with Crippen LogP contribution in [0.25, 0.3) is 0 Å². The lowest BCUT2D eigenvalue weighted by Gasteiger charge is -2.21. The van der Waals surface area contributed by atoms with E-state index in [2.05, 4.69) is 4.98 Å². The summed E-state index contributed by atoms with van der Waals surface area (Å²) in [5.74, 6) is -1.51. The van der Waals surface area contributed by atoms with E-state index >= 15 is 0 Å². The van der Waals surface area contributed by atoms with Gasteiger partial charge in [0.25, 0.3) is 0 Å². The van der Waals surface area contributed by atoms with Crippen molar-refractivity contribution in [3.63, 3.8) is 0 Å². The van der Waals surface area contributed by atoms with Gasteiger partial charge in [-0.25, -0.2) is 9.78 Å². The van der Waals surface area contributed by atoms with Crippen molar-refractivity contribution >= 4 is 11.9 Å². The number of imidazole rings is 1. The Morgan fingerprint density at radius 3 is 2.94 bits per heavy atom. The number of carboxylic acids is 1. The van der Waals surface area contributed by atoms with E-state index in [4.69, 9.17) is 5.11 Å². The van der Waals surface area contributed by atoms with Crippen molar-refractivity contribution in [2.75, 3.05) is 0 Å². The zero-order valence-corrected chi connectivity index (χ0v) is 9.29. The Bertz CT molecular complexity index is 475. The number of carboxylic acid groups (broad SMARTS) is 1. The topological polar surface area (TPSA) is 75.4 Å². The van der Waals surface area contributed by atoms with Crippen LogP contribution < -0.4 is 0 Å². The average molecular weight is 259 g/mol. The van der Waals surface area contributed by atoms with Crippen LogP contribution in [0.3, 0.4) is 0 Å². The predicted molar refractivity (Wildman–Crippen MR) is 54.7 cm³/mol. The van der Waals surface area contributed by atoms with Gasteiger partial charge in [-0.05, 0) is 6.42 Å². The number of carbonyl (C=O) groups is 2. The Labute approximate surface area is 101 Å². The molecule has 0 spiro atoms. The Morgan fingerprint density at radius 2 is 2.33 bits per heavy atom. The van der Waals surface area contributed by atoms with E-state index < -0.39 is 18.6 Å². The second kappa shape index (κ2) is 4.71. The highest BCUT2D eigenvalue weighted by Gasteiger charge is 2.36. The van der Waals surface area contributed by atoms with Gasteiger partial charge < -0.3 is 10.0 Å². The van der Waals surface area contributed by atoms with E-state index in [1.165, 1.54) is 6.20 Å². The van der Waals surface area contributed by atoms with Crippen molar-refractivity contribution in [2.24, 2.45) is 0 Å². The number of likely N-dealkylation sites (tertiary alicyclic amines) is 1. The van der Waals surface area contributed by atoms with E-state index in [9.17, 15) is 18.4 Å². The van der Waals surface area contributed by atoms with Crippen molar-refractivity contribution in [1.29, 1.82) is 0 Å². The number of hydrogen-bond donors (Lipinski definition) is 1. The summed E-state index contributed by atoms with van der Waals surface area (Å²) in [6, 6.07) is -0.958. The van der Waals surface area contributed by atoms with Crippen molar-refractivity contribution < 1.29 is 23.5 Å². The molecular weight excluding hydrogens is 248 g/mol. The third kappa shape index (κ3) is 2.18.